The van der Waals surface area contributed by atoms with Crippen molar-refractivity contribution in [2.75, 3.05) is 32.7 Å². The van der Waals surface area contributed by atoms with Gasteiger partial charge in [0, 0.05) is 32.7 Å². The summed E-state index contributed by atoms with van der Waals surface area (Å²) in [6, 6.07) is 0. The van der Waals surface area contributed by atoms with E-state index < -0.39 is 23.5 Å². The molecule has 0 aromatic rings. The second-order valence-electron chi connectivity index (χ2n) is 5.61. The third-order valence-electron chi connectivity index (χ3n) is 2.83. The number of hydrogen-bond acceptors (Lipinski definition) is 4. The summed E-state index contributed by atoms with van der Waals surface area (Å²) in [5, 5.41) is 2.57. The van der Waals surface area contributed by atoms with Gasteiger partial charge in [-0.25, -0.2) is 4.79 Å². The van der Waals surface area contributed by atoms with Crippen LogP contribution in [0.1, 0.15) is 27.7 Å². The van der Waals surface area contributed by atoms with Gasteiger partial charge in [0.1, 0.15) is 5.60 Å². The maximum Gasteiger partial charge on any atom is 0.407 e. The molecule has 7 nitrogen and oxygen atoms in total. The summed E-state index contributed by atoms with van der Waals surface area (Å²) in [6.45, 7) is 9.30. The maximum atomic E-state index is 11.8. The molecule has 114 valence electrons. The first-order valence-corrected chi connectivity index (χ1v) is 6.79. The fourth-order valence-electron chi connectivity index (χ4n) is 1.84. The zero-order chi connectivity index (χ0) is 15.3. The smallest absolute Gasteiger partial charge is 0.407 e. The Kier molecular flexibility index (Phi) is 5.35. The molecule has 1 rings (SSSR count). The molecule has 0 bridgehead atoms. The molecular formula is C13H23N3O4. The van der Waals surface area contributed by atoms with E-state index in [1.807, 2.05) is 6.92 Å². The van der Waals surface area contributed by atoms with Gasteiger partial charge in [-0.05, 0) is 27.7 Å². The molecule has 1 saturated heterocycles. The first kappa shape index (κ1) is 16.3. The van der Waals surface area contributed by atoms with Crippen molar-refractivity contribution in [2.45, 2.75) is 33.3 Å². The third-order valence-corrected chi connectivity index (χ3v) is 2.83. The molecule has 0 aromatic carbocycles. The normalized spacial score (nSPS) is 16.4. The third kappa shape index (κ3) is 4.71. The van der Waals surface area contributed by atoms with E-state index in [1.54, 1.807) is 20.8 Å². The van der Waals surface area contributed by atoms with Crippen molar-refractivity contribution in [3.05, 3.63) is 0 Å². The SMILES string of the molecule is CCN1CCN(CCNC(=O)OC(C)(C)C)C(=O)C1=O. The summed E-state index contributed by atoms with van der Waals surface area (Å²) < 4.78 is 5.08. The van der Waals surface area contributed by atoms with Crippen LogP contribution in [0.25, 0.3) is 0 Å². The van der Waals surface area contributed by atoms with E-state index in [1.165, 1.54) is 9.80 Å². The number of rotatable bonds is 4. The lowest BCUT2D eigenvalue weighted by atomic mass is 10.2. The molecule has 1 aliphatic rings. The van der Waals surface area contributed by atoms with Crippen LogP contribution < -0.4 is 5.32 Å². The summed E-state index contributed by atoms with van der Waals surface area (Å²) in [7, 11) is 0. The predicted octanol–water partition coefficient (Wildman–Crippen LogP) is 0.202. The molecule has 1 fully saturated rings. The topological polar surface area (TPSA) is 79.0 Å². The van der Waals surface area contributed by atoms with Crippen LogP contribution in [0.15, 0.2) is 0 Å². The molecule has 7 heteroatoms. The van der Waals surface area contributed by atoms with Gasteiger partial charge in [0.15, 0.2) is 0 Å². The standard InChI is InChI=1S/C13H23N3O4/c1-5-15-8-9-16(11(18)10(15)17)7-6-14-12(19)20-13(2,3)4/h5-9H2,1-4H3,(H,14,19). The minimum Gasteiger partial charge on any atom is -0.444 e. The van der Waals surface area contributed by atoms with Gasteiger partial charge in [-0.3, -0.25) is 9.59 Å². The molecule has 0 radical (unpaired) electrons. The Hall–Kier alpha value is -1.79. The van der Waals surface area contributed by atoms with Gasteiger partial charge in [-0.15, -0.1) is 0 Å². The van der Waals surface area contributed by atoms with E-state index in [-0.39, 0.29) is 6.54 Å². The molecule has 1 N–H and O–H groups in total. The Morgan fingerprint density at radius 2 is 1.75 bits per heavy atom. The minimum absolute atomic E-state index is 0.264. The second-order valence-corrected chi connectivity index (χ2v) is 5.61. The molecule has 3 amide bonds. The van der Waals surface area contributed by atoms with Crippen LogP contribution in [0.3, 0.4) is 0 Å². The van der Waals surface area contributed by atoms with Gasteiger partial charge in [-0.1, -0.05) is 0 Å². The Labute approximate surface area is 119 Å². The zero-order valence-corrected chi connectivity index (χ0v) is 12.6. The summed E-state index contributed by atoms with van der Waals surface area (Å²) in [4.78, 5) is 37.9. The van der Waals surface area contributed by atoms with Gasteiger partial charge in [0.25, 0.3) is 0 Å². The molecule has 0 atom stereocenters. The number of carbonyl (C=O) groups is 3. The van der Waals surface area contributed by atoms with Crippen LogP contribution in [-0.2, 0) is 14.3 Å². The van der Waals surface area contributed by atoms with E-state index in [9.17, 15) is 14.4 Å². The molecule has 1 aliphatic heterocycles. The van der Waals surface area contributed by atoms with Crippen LogP contribution in [0.2, 0.25) is 0 Å². The van der Waals surface area contributed by atoms with E-state index in [0.29, 0.717) is 26.2 Å². The predicted molar refractivity (Wildman–Crippen MR) is 73.1 cm³/mol. The van der Waals surface area contributed by atoms with E-state index in [0.717, 1.165) is 0 Å². The number of amides is 3. The van der Waals surface area contributed by atoms with E-state index >= 15 is 0 Å². The Morgan fingerprint density at radius 3 is 2.30 bits per heavy atom. The van der Waals surface area contributed by atoms with Crippen molar-refractivity contribution in [2.24, 2.45) is 0 Å². The van der Waals surface area contributed by atoms with Gasteiger partial charge in [0.05, 0.1) is 0 Å². The van der Waals surface area contributed by atoms with E-state index in [2.05, 4.69) is 5.32 Å². The summed E-state index contributed by atoms with van der Waals surface area (Å²) in [6.07, 6.45) is -0.525. The van der Waals surface area contributed by atoms with Gasteiger partial charge in [-0.2, -0.15) is 0 Å². The van der Waals surface area contributed by atoms with Crippen molar-refractivity contribution in [3.8, 4) is 0 Å². The Bertz CT molecular complexity index is 390. The fourth-order valence-corrected chi connectivity index (χ4v) is 1.84. The highest BCUT2D eigenvalue weighted by Gasteiger charge is 2.31. The first-order chi connectivity index (χ1) is 9.24. The van der Waals surface area contributed by atoms with Crippen LogP contribution in [-0.4, -0.2) is 66.0 Å². The number of hydrogen-bond donors (Lipinski definition) is 1. The number of likely N-dealkylation sites (N-methyl/N-ethyl adjacent to an activating group) is 1. The lowest BCUT2D eigenvalue weighted by Crippen LogP contribution is -2.55. The average molecular weight is 285 g/mol. The highest BCUT2D eigenvalue weighted by Crippen LogP contribution is 2.07. The lowest BCUT2D eigenvalue weighted by Gasteiger charge is -2.33. The number of nitrogens with zero attached hydrogens (tertiary/aromatic N) is 2. The van der Waals surface area contributed by atoms with Crippen LogP contribution in [0.4, 0.5) is 4.79 Å². The lowest BCUT2D eigenvalue weighted by molar-refractivity contribution is -0.155. The number of carbonyl (C=O) groups excluding carboxylic acids is 3. The molecule has 20 heavy (non-hydrogen) atoms. The highest BCUT2D eigenvalue weighted by atomic mass is 16.6. The van der Waals surface area contributed by atoms with Crippen molar-refractivity contribution >= 4 is 17.9 Å². The van der Waals surface area contributed by atoms with Crippen molar-refractivity contribution in [3.63, 3.8) is 0 Å². The monoisotopic (exact) mass is 285 g/mol. The molecule has 1 heterocycles. The molecule has 0 aliphatic carbocycles. The summed E-state index contributed by atoms with van der Waals surface area (Å²) in [5.74, 6) is -0.986. The van der Waals surface area contributed by atoms with Crippen molar-refractivity contribution < 1.29 is 19.1 Å². The zero-order valence-electron chi connectivity index (χ0n) is 12.6. The largest absolute Gasteiger partial charge is 0.444 e. The number of alkyl carbamates (subject to hydrolysis) is 1. The van der Waals surface area contributed by atoms with E-state index in [4.69, 9.17) is 4.74 Å². The highest BCUT2D eigenvalue weighted by molar-refractivity contribution is 6.35. The molecular weight excluding hydrogens is 262 g/mol. The summed E-state index contributed by atoms with van der Waals surface area (Å²) >= 11 is 0. The second kappa shape index (κ2) is 6.58. The van der Waals surface area contributed by atoms with Crippen molar-refractivity contribution in [1.29, 1.82) is 0 Å². The van der Waals surface area contributed by atoms with Crippen LogP contribution in [0, 0.1) is 0 Å². The maximum absolute atomic E-state index is 11.8. The number of piperazine rings is 1. The first-order valence-electron chi connectivity index (χ1n) is 6.79. The van der Waals surface area contributed by atoms with Gasteiger partial charge < -0.3 is 19.9 Å². The molecule has 0 aromatic heterocycles. The minimum atomic E-state index is -0.553. The number of nitrogens with one attached hydrogen (secondary N) is 1. The van der Waals surface area contributed by atoms with Crippen LogP contribution in [0.5, 0.6) is 0 Å². The van der Waals surface area contributed by atoms with Crippen molar-refractivity contribution in [1.82, 2.24) is 15.1 Å². The van der Waals surface area contributed by atoms with Gasteiger partial charge in [0.2, 0.25) is 0 Å². The molecule has 0 saturated carbocycles. The molecule has 0 unspecified atom stereocenters. The average Bonchev–Trinajstić information content (AvgIpc) is 2.32. The Morgan fingerprint density at radius 1 is 1.20 bits per heavy atom. The molecule has 0 spiro atoms. The quantitative estimate of drug-likeness (QED) is 0.749. The Balaban J connectivity index is 2.34. The number of ether oxygens (including phenoxy) is 1. The fraction of sp³-hybridized carbons (Fsp3) is 0.769. The van der Waals surface area contributed by atoms with Gasteiger partial charge >= 0.3 is 17.9 Å². The summed E-state index contributed by atoms with van der Waals surface area (Å²) in [5.41, 5.74) is -0.553. The van der Waals surface area contributed by atoms with Crippen LogP contribution >= 0.6 is 0 Å².